The third-order valence-electron chi connectivity index (χ3n) is 2.80. The second-order valence-electron chi connectivity index (χ2n) is 4.17. The van der Waals surface area contributed by atoms with Gasteiger partial charge in [0.15, 0.2) is 11.5 Å². The van der Waals surface area contributed by atoms with E-state index < -0.39 is 30.0 Å². The smallest absolute Gasteiger partial charge is 0.435 e. The molecule has 2 atom stereocenters. The standard InChI is InChI=1S/C10H10F3N3O3/c11-10(12,13)7-1-2-8(15-14-7)16-4-5(17)3-6(16)9(18)19/h1-2,5-6,17H,3-4H2,(H,18,19). The lowest BCUT2D eigenvalue weighted by molar-refractivity contribution is -0.142. The van der Waals surface area contributed by atoms with Gasteiger partial charge in [0.1, 0.15) is 6.04 Å². The molecule has 2 unspecified atom stereocenters. The summed E-state index contributed by atoms with van der Waals surface area (Å²) in [6.07, 6.45) is -5.45. The zero-order chi connectivity index (χ0) is 14.2. The molecule has 1 saturated heterocycles. The van der Waals surface area contributed by atoms with Gasteiger partial charge < -0.3 is 15.1 Å². The zero-order valence-electron chi connectivity index (χ0n) is 9.50. The minimum absolute atomic E-state index is 0.00195. The van der Waals surface area contributed by atoms with E-state index in [0.29, 0.717) is 0 Å². The molecule has 6 nitrogen and oxygen atoms in total. The number of carboxylic acids is 1. The van der Waals surface area contributed by atoms with Crippen molar-refractivity contribution in [3.05, 3.63) is 17.8 Å². The van der Waals surface area contributed by atoms with Crippen molar-refractivity contribution in [3.63, 3.8) is 0 Å². The first-order chi connectivity index (χ1) is 8.79. The Balaban J connectivity index is 2.24. The summed E-state index contributed by atoms with van der Waals surface area (Å²) in [5, 5.41) is 24.8. The van der Waals surface area contributed by atoms with Crippen LogP contribution in [0.25, 0.3) is 0 Å². The predicted molar refractivity (Wildman–Crippen MR) is 56.4 cm³/mol. The first kappa shape index (κ1) is 13.5. The fraction of sp³-hybridized carbons (Fsp3) is 0.500. The molecule has 0 aromatic carbocycles. The summed E-state index contributed by atoms with van der Waals surface area (Å²) < 4.78 is 36.9. The lowest BCUT2D eigenvalue weighted by Crippen LogP contribution is -2.36. The van der Waals surface area contributed by atoms with Crippen LogP contribution >= 0.6 is 0 Å². The Morgan fingerprint density at radius 3 is 2.53 bits per heavy atom. The number of carbonyl (C=O) groups is 1. The van der Waals surface area contributed by atoms with Crippen LogP contribution in [0.4, 0.5) is 19.0 Å². The van der Waals surface area contributed by atoms with Crippen molar-refractivity contribution in [2.24, 2.45) is 0 Å². The van der Waals surface area contributed by atoms with Crippen molar-refractivity contribution in [2.45, 2.75) is 24.7 Å². The number of aliphatic carboxylic acids is 1. The van der Waals surface area contributed by atoms with E-state index in [9.17, 15) is 23.1 Å². The molecule has 1 aliphatic heterocycles. The molecule has 0 saturated carbocycles. The Labute approximate surface area is 105 Å². The van der Waals surface area contributed by atoms with Crippen LogP contribution in [0.15, 0.2) is 12.1 Å². The minimum atomic E-state index is -4.59. The van der Waals surface area contributed by atoms with Gasteiger partial charge in [0.25, 0.3) is 0 Å². The Morgan fingerprint density at radius 2 is 2.05 bits per heavy atom. The third-order valence-corrected chi connectivity index (χ3v) is 2.80. The van der Waals surface area contributed by atoms with Crippen LogP contribution in [0.1, 0.15) is 12.1 Å². The number of hydrogen-bond acceptors (Lipinski definition) is 5. The van der Waals surface area contributed by atoms with Gasteiger partial charge in [-0.05, 0) is 12.1 Å². The zero-order valence-corrected chi connectivity index (χ0v) is 9.50. The number of carboxylic acid groups (broad SMARTS) is 1. The number of aliphatic hydroxyl groups excluding tert-OH is 1. The van der Waals surface area contributed by atoms with E-state index in [2.05, 4.69) is 10.2 Å². The topological polar surface area (TPSA) is 86.5 Å². The number of rotatable bonds is 2. The molecule has 19 heavy (non-hydrogen) atoms. The van der Waals surface area contributed by atoms with Crippen molar-refractivity contribution in [1.82, 2.24) is 10.2 Å². The normalized spacial score (nSPS) is 23.7. The summed E-state index contributed by atoms with van der Waals surface area (Å²) in [5.41, 5.74) is -1.15. The molecule has 0 aliphatic carbocycles. The van der Waals surface area contributed by atoms with Crippen molar-refractivity contribution >= 4 is 11.8 Å². The van der Waals surface area contributed by atoms with Crippen LogP contribution in [0.3, 0.4) is 0 Å². The lowest BCUT2D eigenvalue weighted by atomic mass is 10.2. The minimum Gasteiger partial charge on any atom is -0.480 e. The first-order valence-electron chi connectivity index (χ1n) is 5.37. The number of anilines is 1. The molecule has 1 aliphatic rings. The Morgan fingerprint density at radius 1 is 1.37 bits per heavy atom. The summed E-state index contributed by atoms with van der Waals surface area (Å²) in [6, 6.07) is 0.761. The first-order valence-corrected chi connectivity index (χ1v) is 5.37. The average molecular weight is 277 g/mol. The van der Waals surface area contributed by atoms with Crippen molar-refractivity contribution < 1.29 is 28.2 Å². The van der Waals surface area contributed by atoms with Gasteiger partial charge in [-0.3, -0.25) is 0 Å². The van der Waals surface area contributed by atoms with E-state index in [-0.39, 0.29) is 18.8 Å². The highest BCUT2D eigenvalue weighted by Gasteiger charge is 2.38. The Bertz CT molecular complexity index is 477. The number of aromatic nitrogens is 2. The Kier molecular flexibility index (Phi) is 3.31. The van der Waals surface area contributed by atoms with E-state index in [1.807, 2.05) is 0 Å². The molecule has 9 heteroatoms. The largest absolute Gasteiger partial charge is 0.480 e. The van der Waals surface area contributed by atoms with Crippen LogP contribution in [0.2, 0.25) is 0 Å². The highest BCUT2D eigenvalue weighted by molar-refractivity contribution is 5.78. The third kappa shape index (κ3) is 2.75. The molecular weight excluding hydrogens is 267 g/mol. The molecule has 1 aromatic heterocycles. The van der Waals surface area contributed by atoms with Gasteiger partial charge in [0.05, 0.1) is 6.10 Å². The van der Waals surface area contributed by atoms with Gasteiger partial charge in [-0.1, -0.05) is 0 Å². The van der Waals surface area contributed by atoms with Crippen LogP contribution < -0.4 is 4.90 Å². The van der Waals surface area contributed by atoms with Gasteiger partial charge in [-0.2, -0.15) is 13.2 Å². The van der Waals surface area contributed by atoms with Crippen molar-refractivity contribution in [1.29, 1.82) is 0 Å². The van der Waals surface area contributed by atoms with Crippen LogP contribution in [0.5, 0.6) is 0 Å². The SMILES string of the molecule is O=C(O)C1CC(O)CN1c1ccc(C(F)(F)F)nn1. The quantitative estimate of drug-likeness (QED) is 0.819. The second kappa shape index (κ2) is 4.65. The van der Waals surface area contributed by atoms with Crippen LogP contribution in [-0.4, -0.2) is 45.1 Å². The van der Waals surface area contributed by atoms with Crippen LogP contribution in [-0.2, 0) is 11.0 Å². The van der Waals surface area contributed by atoms with E-state index in [4.69, 9.17) is 5.11 Å². The number of β-amino-alcohol motifs (C(OH)–C–C–N with tert-alkyl or cyclic N) is 1. The summed E-state index contributed by atoms with van der Waals surface area (Å²) in [5.74, 6) is -1.17. The summed E-state index contributed by atoms with van der Waals surface area (Å²) >= 11 is 0. The van der Waals surface area contributed by atoms with Crippen LogP contribution in [0, 0.1) is 0 Å². The Hall–Kier alpha value is -1.90. The molecule has 2 rings (SSSR count). The molecule has 0 radical (unpaired) electrons. The molecule has 0 amide bonds. The molecule has 0 bridgehead atoms. The number of hydrogen-bond donors (Lipinski definition) is 2. The molecule has 2 heterocycles. The maximum absolute atomic E-state index is 12.3. The van der Waals surface area contributed by atoms with Gasteiger partial charge in [-0.15, -0.1) is 10.2 Å². The maximum Gasteiger partial charge on any atom is 0.435 e. The van der Waals surface area contributed by atoms with E-state index in [0.717, 1.165) is 12.1 Å². The summed E-state index contributed by atoms with van der Waals surface area (Å²) in [4.78, 5) is 12.2. The van der Waals surface area contributed by atoms with Gasteiger partial charge in [0.2, 0.25) is 0 Å². The summed E-state index contributed by atoms with van der Waals surface area (Å²) in [7, 11) is 0. The number of halogens is 3. The molecule has 0 spiro atoms. The fourth-order valence-electron chi connectivity index (χ4n) is 1.93. The molecule has 2 N–H and O–H groups in total. The monoisotopic (exact) mass is 277 g/mol. The molecule has 1 fully saturated rings. The van der Waals surface area contributed by atoms with Gasteiger partial charge >= 0.3 is 12.1 Å². The maximum atomic E-state index is 12.3. The lowest BCUT2D eigenvalue weighted by Gasteiger charge is -2.21. The number of nitrogens with zero attached hydrogens (tertiary/aromatic N) is 3. The van der Waals surface area contributed by atoms with Crippen molar-refractivity contribution in [2.75, 3.05) is 11.4 Å². The molecular formula is C10H10F3N3O3. The average Bonchev–Trinajstić information content (AvgIpc) is 2.70. The second-order valence-corrected chi connectivity index (χ2v) is 4.17. The number of aliphatic hydroxyl groups is 1. The highest BCUT2D eigenvalue weighted by atomic mass is 19.4. The van der Waals surface area contributed by atoms with E-state index in [1.54, 1.807) is 0 Å². The van der Waals surface area contributed by atoms with E-state index >= 15 is 0 Å². The van der Waals surface area contributed by atoms with Gasteiger partial charge in [0, 0.05) is 13.0 Å². The number of alkyl halides is 3. The van der Waals surface area contributed by atoms with Crippen molar-refractivity contribution in [3.8, 4) is 0 Å². The van der Waals surface area contributed by atoms with Gasteiger partial charge in [-0.25, -0.2) is 4.79 Å². The highest BCUT2D eigenvalue weighted by Crippen LogP contribution is 2.29. The van der Waals surface area contributed by atoms with E-state index in [1.165, 1.54) is 4.90 Å². The molecule has 1 aromatic rings. The predicted octanol–water partition coefficient (Wildman–Crippen LogP) is 0.520. The fourth-order valence-corrected chi connectivity index (χ4v) is 1.93. The molecule has 104 valence electrons. The summed E-state index contributed by atoms with van der Waals surface area (Å²) in [6.45, 7) is -0.00297.